The lowest BCUT2D eigenvalue weighted by atomic mass is 9.75. The Labute approximate surface area is 726 Å². The predicted octanol–water partition coefficient (Wildman–Crippen LogP) is 25.3. The predicted molar refractivity (Wildman–Crippen MR) is 504 cm³/mol. The van der Waals surface area contributed by atoms with E-state index in [9.17, 15) is 0 Å². The van der Waals surface area contributed by atoms with Crippen LogP contribution >= 0.6 is 0 Å². The highest BCUT2D eigenvalue weighted by molar-refractivity contribution is 5.85. The Kier molecular flexibility index (Phi) is 26.4. The summed E-state index contributed by atoms with van der Waals surface area (Å²) in [5.41, 5.74) is 21.3. The Morgan fingerprint density at radius 1 is 0.270 bits per heavy atom. The van der Waals surface area contributed by atoms with Crippen molar-refractivity contribution in [2.75, 3.05) is 65.4 Å². The monoisotopic (exact) mass is 1630 g/mol. The summed E-state index contributed by atoms with van der Waals surface area (Å²) < 4.78 is 28.7. The van der Waals surface area contributed by atoms with E-state index in [-0.39, 0.29) is 0 Å². The Bertz CT molecular complexity index is 5340. The normalized spacial score (nSPS) is 26.2. The highest BCUT2D eigenvalue weighted by Crippen LogP contribution is 2.43. The molecule has 636 valence electrons. The topological polar surface area (TPSA) is 81.9 Å². The maximum atomic E-state index is 5.77. The average molecular weight is 1630 g/mol. The van der Waals surface area contributed by atoms with E-state index < -0.39 is 0 Å². The van der Waals surface area contributed by atoms with Crippen molar-refractivity contribution >= 4 is 54.8 Å². The molecule has 0 amide bonds. The molecule has 5 aromatic heterocycles. The van der Waals surface area contributed by atoms with Crippen molar-refractivity contribution in [3.63, 3.8) is 0 Å². The average Bonchev–Trinajstić information content (AvgIpc) is 1.27. The quantitative estimate of drug-likeness (QED) is 0.0546. The van der Waals surface area contributed by atoms with Crippen LogP contribution in [-0.4, -0.2) is 120 Å². The molecule has 5 aliphatic carbocycles. The Morgan fingerprint density at radius 2 is 0.508 bits per heavy atom. The third-order valence-electron chi connectivity index (χ3n) is 29.7. The van der Waals surface area contributed by atoms with Crippen LogP contribution in [0, 0.1) is 93.8 Å². The van der Waals surface area contributed by atoms with Crippen LogP contribution in [0.4, 0.5) is 0 Å². The summed E-state index contributed by atoms with van der Waals surface area (Å²) in [5, 5.41) is 6.47. The van der Waals surface area contributed by atoms with E-state index in [1.54, 1.807) is 0 Å². The van der Waals surface area contributed by atoms with Crippen LogP contribution in [0.3, 0.4) is 0 Å². The van der Waals surface area contributed by atoms with Crippen molar-refractivity contribution in [1.82, 2.24) is 24.5 Å². The minimum Gasteiger partial charge on any atom is -0.464 e. The number of rotatable bonds is 24. The molecule has 15 aliphatic rings. The Morgan fingerprint density at radius 3 is 0.754 bits per heavy atom. The standard InChI is InChI=1S/2C25H27NO.2C21H27NO.C20H25NO/c2*1-18-7-10-25-23(13-18)21(17-27-25)11-12-26-16-20-8-9-24(26)22(15-20)14-19-5-3-2-4-6-19;2*1-3-4-17-12-16-6-7-20(17)22(13-16)10-9-18-14-23-21-8-5-15(2)11-19(18)21;1-3-16-11-15-5-6-19(16)21(12-15)9-8-17-13-22-20-7-4-14(2)10-18(17)20/h2*2-10,13,17,20,22,24H,11-12,14-16H2,1H3;2*5-8,11,14,16-17,20H,3-4,9-10,12-13H2,1-2H3;4-7,10,13,15-16,19H,3,8-9,11-12H2,1-2H3. The lowest BCUT2D eigenvalue weighted by molar-refractivity contribution is 0.0797. The molecular weight excluding hydrogens is 1500 g/mol. The molecule has 0 N–H and O–H groups in total. The number of aryl methyl sites for hydroxylation is 5. The van der Waals surface area contributed by atoms with Gasteiger partial charge in [-0.2, -0.15) is 0 Å². The number of benzene rings is 7. The molecule has 27 rings (SSSR count). The summed E-state index contributed by atoms with van der Waals surface area (Å²) in [4.78, 5) is 13.5. The van der Waals surface area contributed by atoms with E-state index >= 15 is 0 Å². The van der Waals surface area contributed by atoms with Gasteiger partial charge in [0.1, 0.15) is 27.9 Å². The van der Waals surface area contributed by atoms with E-state index in [4.69, 9.17) is 22.1 Å². The Hall–Kier alpha value is -9.26. The van der Waals surface area contributed by atoms with Crippen molar-refractivity contribution in [2.45, 2.75) is 195 Å². The number of hydrogen-bond acceptors (Lipinski definition) is 10. The van der Waals surface area contributed by atoms with Crippen LogP contribution in [0.15, 0.2) is 266 Å². The van der Waals surface area contributed by atoms with Gasteiger partial charge < -0.3 is 22.1 Å². The van der Waals surface area contributed by atoms with Crippen LogP contribution in [0.2, 0.25) is 0 Å². The Balaban J connectivity index is 0.000000104. The van der Waals surface area contributed by atoms with Gasteiger partial charge in [0.2, 0.25) is 0 Å². The molecular formula is C112H133N5O5. The fourth-order valence-electron chi connectivity index (χ4n) is 23.5. The molecule has 10 nitrogen and oxygen atoms in total. The number of furan rings is 5. The van der Waals surface area contributed by atoms with Crippen LogP contribution in [0.5, 0.6) is 0 Å². The summed E-state index contributed by atoms with van der Waals surface area (Å²) in [6, 6.07) is 57.5. The first-order valence-corrected chi connectivity index (χ1v) is 47.3. The molecule has 15 atom stereocenters. The fourth-order valence-corrected chi connectivity index (χ4v) is 23.5. The first-order chi connectivity index (χ1) is 59.7. The van der Waals surface area contributed by atoms with Crippen LogP contribution in [0.25, 0.3) is 54.8 Å². The molecule has 5 fully saturated rings. The van der Waals surface area contributed by atoms with Gasteiger partial charge in [0, 0.05) is 123 Å². The molecule has 0 spiro atoms. The van der Waals surface area contributed by atoms with Gasteiger partial charge in [-0.3, -0.25) is 24.5 Å². The van der Waals surface area contributed by atoms with Gasteiger partial charge in [0.25, 0.3) is 0 Å². The second-order valence-electron chi connectivity index (χ2n) is 38.5. The van der Waals surface area contributed by atoms with E-state index in [1.807, 2.05) is 31.3 Å². The molecule has 15 unspecified atom stereocenters. The van der Waals surface area contributed by atoms with Crippen LogP contribution in [-0.2, 0) is 44.9 Å². The first kappa shape index (κ1) is 83.6. The minimum atomic E-state index is 0.579. The summed E-state index contributed by atoms with van der Waals surface area (Å²) in [6.07, 6.45) is 55.8. The summed E-state index contributed by atoms with van der Waals surface area (Å²) in [5.74, 6) is 7.82. The van der Waals surface area contributed by atoms with Gasteiger partial charge in [-0.15, -0.1) is 0 Å². The van der Waals surface area contributed by atoms with E-state index in [1.165, 1.54) is 203 Å². The van der Waals surface area contributed by atoms with Crippen molar-refractivity contribution < 1.29 is 22.1 Å². The molecule has 0 radical (unpaired) electrons. The zero-order valence-corrected chi connectivity index (χ0v) is 74.1. The number of fused-ring (bicyclic) bond motifs is 15. The zero-order valence-electron chi connectivity index (χ0n) is 74.1. The van der Waals surface area contributed by atoms with Crippen LogP contribution < -0.4 is 0 Å². The minimum absolute atomic E-state index is 0.579. The number of piperidine rings is 5. The second-order valence-corrected chi connectivity index (χ2v) is 38.5. The van der Waals surface area contributed by atoms with Gasteiger partial charge in [-0.1, -0.05) is 220 Å². The zero-order chi connectivity index (χ0) is 83.2. The van der Waals surface area contributed by atoms with Gasteiger partial charge in [-0.25, -0.2) is 0 Å². The first-order valence-electron chi connectivity index (χ1n) is 47.3. The molecule has 7 aromatic carbocycles. The second kappa shape index (κ2) is 38.5. The fraction of sp³-hybridized carbons (Fsp3) is 0.446. The molecule has 10 heteroatoms. The summed E-state index contributed by atoms with van der Waals surface area (Å²) in [7, 11) is 0. The maximum absolute atomic E-state index is 5.77. The molecule has 15 heterocycles. The van der Waals surface area contributed by atoms with E-state index in [2.05, 4.69) is 292 Å². The van der Waals surface area contributed by atoms with E-state index in [0.29, 0.717) is 42.0 Å². The molecule has 10 aliphatic heterocycles. The highest BCUT2D eigenvalue weighted by atomic mass is 16.3. The van der Waals surface area contributed by atoms with Gasteiger partial charge in [0.05, 0.1) is 31.3 Å². The maximum Gasteiger partial charge on any atom is 0.134 e. The lowest BCUT2D eigenvalue weighted by Crippen LogP contribution is -2.51. The third-order valence-corrected chi connectivity index (χ3v) is 29.7. The van der Waals surface area contributed by atoms with Crippen LogP contribution in [0.1, 0.15) is 152 Å². The summed E-state index contributed by atoms with van der Waals surface area (Å²) in [6.45, 7) is 29.5. The van der Waals surface area contributed by atoms with Gasteiger partial charge in [0.15, 0.2) is 0 Å². The van der Waals surface area contributed by atoms with Gasteiger partial charge >= 0.3 is 0 Å². The third kappa shape index (κ3) is 19.3. The molecule has 5 saturated heterocycles. The SMILES string of the molecule is CCC1CC2C=CC1N(CCc1coc3ccc(C)cc13)C2.CCCC1CC2C=CC1N(CCc1coc3ccc(C)cc13)C2.CCCC1CC2C=CC1N(CCc1coc3ccc(C)cc13)C2.Cc1ccc2occ(CCN3CC4C=CC3C(Cc3ccccc3)C4)c2c1.Cc1ccc2occ(CCN3CC4C=CC3C(Cc3ccccc3)C4)c2c1. The van der Waals surface area contributed by atoms with E-state index in [0.717, 1.165) is 140 Å². The molecule has 0 saturated carbocycles. The highest BCUT2D eigenvalue weighted by Gasteiger charge is 2.42. The van der Waals surface area contributed by atoms with Crippen molar-refractivity contribution in [1.29, 1.82) is 0 Å². The molecule has 122 heavy (non-hydrogen) atoms. The summed E-state index contributed by atoms with van der Waals surface area (Å²) >= 11 is 0. The number of nitrogens with zero attached hydrogens (tertiary/aromatic N) is 5. The van der Waals surface area contributed by atoms with Crippen molar-refractivity contribution in [3.8, 4) is 0 Å². The number of hydrogen-bond donors (Lipinski definition) is 0. The lowest BCUT2D eigenvalue weighted by Gasteiger charge is -2.46. The van der Waals surface area contributed by atoms with Crippen molar-refractivity contribution in [3.05, 3.63) is 310 Å². The smallest absolute Gasteiger partial charge is 0.134 e. The van der Waals surface area contributed by atoms with Gasteiger partial charge in [-0.05, 0) is 283 Å². The largest absolute Gasteiger partial charge is 0.464 e. The molecule has 12 aromatic rings. The van der Waals surface area contributed by atoms with Crippen molar-refractivity contribution in [2.24, 2.45) is 59.2 Å². The molecule has 10 bridgehead atoms.